The molecule has 34 heavy (non-hydrogen) atoms. The molecule has 8 nitrogen and oxygen atoms in total. The van der Waals surface area contributed by atoms with Gasteiger partial charge in [-0.15, -0.1) is 0 Å². The number of fused-ring (bicyclic) bond motifs is 1. The van der Waals surface area contributed by atoms with Gasteiger partial charge in [-0.25, -0.2) is 8.42 Å². The summed E-state index contributed by atoms with van der Waals surface area (Å²) in [6.07, 6.45) is 0. The van der Waals surface area contributed by atoms with Crippen LogP contribution in [0.3, 0.4) is 0 Å². The molecule has 9 heteroatoms. The Labute approximate surface area is 198 Å². The topological polar surface area (TPSA) is 88.2 Å². The molecule has 2 aliphatic heterocycles. The average Bonchev–Trinajstić information content (AvgIpc) is 3.36. The first kappa shape index (κ1) is 22.2. The Balaban J connectivity index is 1.23. The molecule has 2 heterocycles. The maximum absolute atomic E-state index is 13.2. The number of para-hydroxylation sites is 1. The molecular formula is C25H25N3O5S. The Bertz CT molecular complexity index is 1290. The predicted molar refractivity (Wildman–Crippen MR) is 128 cm³/mol. The second kappa shape index (κ2) is 9.36. The van der Waals surface area contributed by atoms with E-state index in [0.717, 1.165) is 11.3 Å². The summed E-state index contributed by atoms with van der Waals surface area (Å²) in [4.78, 5) is 15.0. The molecule has 0 atom stereocenters. The number of amides is 1. The largest absolute Gasteiger partial charge is 0.454 e. The third-order valence-electron chi connectivity index (χ3n) is 5.98. The number of hydrogen-bond donors (Lipinski definition) is 1. The smallest absolute Gasteiger partial charge is 0.251 e. The average molecular weight is 480 g/mol. The third kappa shape index (κ3) is 4.57. The fourth-order valence-electron chi connectivity index (χ4n) is 4.11. The maximum Gasteiger partial charge on any atom is 0.251 e. The summed E-state index contributed by atoms with van der Waals surface area (Å²) in [5, 5.41) is 2.84. The molecule has 0 unspecified atom stereocenters. The van der Waals surface area contributed by atoms with Crippen molar-refractivity contribution in [3.63, 3.8) is 0 Å². The van der Waals surface area contributed by atoms with Crippen LogP contribution in [0.2, 0.25) is 0 Å². The number of nitrogens with zero attached hydrogens (tertiary/aromatic N) is 2. The highest BCUT2D eigenvalue weighted by molar-refractivity contribution is 7.89. The molecule has 3 aromatic rings. The molecule has 2 aliphatic rings. The van der Waals surface area contributed by atoms with Crippen LogP contribution in [-0.4, -0.2) is 51.6 Å². The van der Waals surface area contributed by atoms with Crippen molar-refractivity contribution in [2.24, 2.45) is 0 Å². The molecule has 0 radical (unpaired) electrons. The fourth-order valence-corrected chi connectivity index (χ4v) is 5.58. The lowest BCUT2D eigenvalue weighted by Crippen LogP contribution is -2.48. The Kier molecular flexibility index (Phi) is 6.12. The van der Waals surface area contributed by atoms with E-state index >= 15 is 0 Å². The number of sulfonamides is 1. The van der Waals surface area contributed by atoms with Gasteiger partial charge in [0.1, 0.15) is 0 Å². The Morgan fingerprint density at radius 1 is 0.853 bits per heavy atom. The molecule has 176 valence electrons. The molecular weight excluding hydrogens is 454 g/mol. The van der Waals surface area contributed by atoms with Crippen LogP contribution in [-0.2, 0) is 16.6 Å². The summed E-state index contributed by atoms with van der Waals surface area (Å²) in [5.41, 5.74) is 2.24. The van der Waals surface area contributed by atoms with Gasteiger partial charge >= 0.3 is 0 Å². The van der Waals surface area contributed by atoms with Gasteiger partial charge in [-0.1, -0.05) is 30.3 Å². The summed E-state index contributed by atoms with van der Waals surface area (Å²) in [6.45, 7) is 2.47. The van der Waals surface area contributed by atoms with E-state index in [1.807, 2.05) is 42.5 Å². The van der Waals surface area contributed by atoms with Crippen LogP contribution in [0.15, 0.2) is 77.7 Å². The lowest BCUT2D eigenvalue weighted by Gasteiger charge is -2.35. The van der Waals surface area contributed by atoms with E-state index in [0.29, 0.717) is 43.2 Å². The standard InChI is InChI=1S/C25H25N3O5S/c29-25(26-17-19-9-10-23-24(15-19)33-18-32-23)20-5-4-8-22(16-20)34(30,31)28-13-11-27(12-14-28)21-6-2-1-3-7-21/h1-10,15-16H,11-14,17-18H2,(H,26,29). The van der Waals surface area contributed by atoms with Crippen LogP contribution in [0.5, 0.6) is 11.5 Å². The van der Waals surface area contributed by atoms with E-state index in [9.17, 15) is 13.2 Å². The third-order valence-corrected chi connectivity index (χ3v) is 7.88. The number of carbonyl (C=O) groups excluding carboxylic acids is 1. The SMILES string of the molecule is O=C(NCc1ccc2c(c1)OCO2)c1cccc(S(=O)(=O)N2CCN(c3ccccc3)CC2)c1. The number of hydrogen-bond acceptors (Lipinski definition) is 6. The van der Waals surface area contributed by atoms with Gasteiger partial charge < -0.3 is 19.7 Å². The normalized spacial score (nSPS) is 15.8. The molecule has 1 fully saturated rings. The van der Waals surface area contributed by atoms with E-state index in [-0.39, 0.29) is 24.1 Å². The van der Waals surface area contributed by atoms with Crippen LogP contribution in [0.1, 0.15) is 15.9 Å². The number of nitrogens with one attached hydrogen (secondary N) is 1. The van der Waals surface area contributed by atoms with E-state index in [1.165, 1.54) is 16.4 Å². The van der Waals surface area contributed by atoms with Gasteiger partial charge in [0.15, 0.2) is 11.5 Å². The first-order chi connectivity index (χ1) is 16.5. The zero-order valence-corrected chi connectivity index (χ0v) is 19.3. The van der Waals surface area contributed by atoms with Gasteiger partial charge in [0.05, 0.1) is 4.90 Å². The molecule has 1 saturated heterocycles. The summed E-state index contributed by atoms with van der Waals surface area (Å²) in [7, 11) is -3.70. The number of anilines is 1. The van der Waals surface area contributed by atoms with E-state index in [2.05, 4.69) is 10.2 Å². The highest BCUT2D eigenvalue weighted by Crippen LogP contribution is 2.32. The van der Waals surface area contributed by atoms with Gasteiger partial charge in [0.25, 0.3) is 5.91 Å². The van der Waals surface area contributed by atoms with Gasteiger partial charge in [0.2, 0.25) is 16.8 Å². The van der Waals surface area contributed by atoms with E-state index in [4.69, 9.17) is 9.47 Å². The van der Waals surface area contributed by atoms with E-state index in [1.54, 1.807) is 18.2 Å². The van der Waals surface area contributed by atoms with Gasteiger partial charge in [-0.05, 0) is 48.0 Å². The summed E-state index contributed by atoms with van der Waals surface area (Å²) >= 11 is 0. The molecule has 1 amide bonds. The monoisotopic (exact) mass is 479 g/mol. The minimum atomic E-state index is -3.70. The second-order valence-electron chi connectivity index (χ2n) is 8.12. The van der Waals surface area contributed by atoms with E-state index < -0.39 is 10.0 Å². The van der Waals surface area contributed by atoms with Crippen molar-refractivity contribution in [3.8, 4) is 11.5 Å². The fraction of sp³-hybridized carbons (Fsp3) is 0.240. The van der Waals surface area contributed by atoms with Crippen LogP contribution >= 0.6 is 0 Å². The van der Waals surface area contributed by atoms with Crippen molar-refractivity contribution < 1.29 is 22.7 Å². The highest BCUT2D eigenvalue weighted by Gasteiger charge is 2.29. The lowest BCUT2D eigenvalue weighted by atomic mass is 10.2. The van der Waals surface area contributed by atoms with Crippen molar-refractivity contribution in [1.82, 2.24) is 9.62 Å². The number of benzene rings is 3. The van der Waals surface area contributed by atoms with Crippen LogP contribution < -0.4 is 19.7 Å². The predicted octanol–water partition coefficient (Wildman–Crippen LogP) is 2.86. The molecule has 5 rings (SSSR count). The zero-order chi connectivity index (χ0) is 23.5. The Hall–Kier alpha value is -3.56. The van der Waals surface area contributed by atoms with Crippen LogP contribution in [0.4, 0.5) is 5.69 Å². The molecule has 0 saturated carbocycles. The second-order valence-corrected chi connectivity index (χ2v) is 10.1. The number of carbonyl (C=O) groups is 1. The highest BCUT2D eigenvalue weighted by atomic mass is 32.2. The molecule has 0 aromatic heterocycles. The zero-order valence-electron chi connectivity index (χ0n) is 18.5. The minimum Gasteiger partial charge on any atom is -0.454 e. The van der Waals surface area contributed by atoms with Gasteiger partial charge in [0, 0.05) is 44.0 Å². The van der Waals surface area contributed by atoms with Crippen molar-refractivity contribution in [2.45, 2.75) is 11.4 Å². The Morgan fingerprint density at radius 3 is 2.41 bits per heavy atom. The summed E-state index contributed by atoms with van der Waals surface area (Å²) in [5.74, 6) is 0.980. The first-order valence-corrected chi connectivity index (χ1v) is 12.5. The quantitative estimate of drug-likeness (QED) is 0.585. The van der Waals surface area contributed by atoms with Crippen molar-refractivity contribution in [3.05, 3.63) is 83.9 Å². The summed E-state index contributed by atoms with van der Waals surface area (Å²) in [6, 6.07) is 21.6. The van der Waals surface area contributed by atoms with Gasteiger partial charge in [-0.3, -0.25) is 4.79 Å². The molecule has 1 N–H and O–H groups in total. The number of ether oxygens (including phenoxy) is 2. The number of piperazine rings is 1. The lowest BCUT2D eigenvalue weighted by molar-refractivity contribution is 0.0950. The van der Waals surface area contributed by atoms with Crippen molar-refractivity contribution >= 4 is 21.6 Å². The van der Waals surface area contributed by atoms with Crippen molar-refractivity contribution in [1.29, 1.82) is 0 Å². The Morgan fingerprint density at radius 2 is 1.62 bits per heavy atom. The van der Waals surface area contributed by atoms with Crippen molar-refractivity contribution in [2.75, 3.05) is 37.9 Å². The summed E-state index contributed by atoms with van der Waals surface area (Å²) < 4.78 is 38.6. The van der Waals surface area contributed by atoms with Crippen LogP contribution in [0.25, 0.3) is 0 Å². The minimum absolute atomic E-state index is 0.122. The molecule has 0 spiro atoms. The molecule has 0 aliphatic carbocycles. The first-order valence-electron chi connectivity index (χ1n) is 11.1. The molecule has 0 bridgehead atoms. The van der Waals surface area contributed by atoms with Gasteiger partial charge in [-0.2, -0.15) is 4.31 Å². The maximum atomic E-state index is 13.2. The number of rotatable bonds is 6. The molecule has 3 aromatic carbocycles. The van der Waals surface area contributed by atoms with Crippen LogP contribution in [0, 0.1) is 0 Å².